The first kappa shape index (κ1) is 16.9. The molecular weight excluding hydrogens is 338 g/mol. The minimum Gasteiger partial charge on any atom is -0.339 e. The highest BCUT2D eigenvalue weighted by atomic mass is 32.1. The Morgan fingerprint density at radius 1 is 1.28 bits per heavy atom. The summed E-state index contributed by atoms with van der Waals surface area (Å²) in [7, 11) is 0. The number of nitrogens with one attached hydrogen (secondary N) is 1. The maximum absolute atomic E-state index is 12.8. The van der Waals surface area contributed by atoms with Gasteiger partial charge in [-0.3, -0.25) is 14.5 Å². The van der Waals surface area contributed by atoms with Gasteiger partial charge in [0.1, 0.15) is 0 Å². The molecule has 8 heteroatoms. The molecule has 5 heterocycles. The van der Waals surface area contributed by atoms with Crippen LogP contribution in [0.4, 0.5) is 0 Å². The molecule has 1 N–H and O–H groups in total. The Morgan fingerprint density at radius 2 is 2.12 bits per heavy atom. The molecule has 0 unspecified atom stereocenters. The molecule has 2 atom stereocenters. The fourth-order valence-electron chi connectivity index (χ4n) is 4.16. The molecule has 25 heavy (non-hydrogen) atoms. The van der Waals surface area contributed by atoms with Gasteiger partial charge in [-0.2, -0.15) is 0 Å². The van der Waals surface area contributed by atoms with Gasteiger partial charge in [0, 0.05) is 50.7 Å². The highest BCUT2D eigenvalue weighted by molar-refractivity contribution is 7.07. The van der Waals surface area contributed by atoms with Gasteiger partial charge in [-0.25, -0.2) is 4.98 Å². The first-order valence-electron chi connectivity index (χ1n) is 9.09. The van der Waals surface area contributed by atoms with Crippen LogP contribution in [0.1, 0.15) is 18.5 Å². The summed E-state index contributed by atoms with van der Waals surface area (Å²) in [4.78, 5) is 35.9. The number of hydrogen-bond acceptors (Lipinski definition) is 6. The predicted octanol–water partition coefficient (Wildman–Crippen LogP) is -0.00230. The van der Waals surface area contributed by atoms with Crippen molar-refractivity contribution < 1.29 is 9.59 Å². The van der Waals surface area contributed by atoms with E-state index in [-0.39, 0.29) is 23.8 Å². The van der Waals surface area contributed by atoms with Crippen LogP contribution in [0.2, 0.25) is 0 Å². The molecule has 4 aliphatic rings. The highest BCUT2D eigenvalue weighted by Gasteiger charge is 2.41. The lowest BCUT2D eigenvalue weighted by molar-refractivity contribution is -0.140. The lowest BCUT2D eigenvalue weighted by Gasteiger charge is -2.35. The second-order valence-electron chi connectivity index (χ2n) is 7.20. The van der Waals surface area contributed by atoms with Gasteiger partial charge in [-0.05, 0) is 12.8 Å². The Labute approximate surface area is 152 Å². The molecule has 2 bridgehead atoms. The van der Waals surface area contributed by atoms with Crippen LogP contribution in [0.3, 0.4) is 0 Å². The molecule has 2 amide bonds. The quantitative estimate of drug-likeness (QED) is 0.815. The van der Waals surface area contributed by atoms with E-state index in [9.17, 15) is 9.59 Å². The zero-order valence-electron chi connectivity index (χ0n) is 14.4. The molecule has 5 rings (SSSR count). The van der Waals surface area contributed by atoms with E-state index >= 15 is 0 Å². The zero-order valence-corrected chi connectivity index (χ0v) is 15.2. The van der Waals surface area contributed by atoms with E-state index in [0.29, 0.717) is 19.6 Å². The lowest BCUT2D eigenvalue weighted by atomic mass is 9.94. The van der Waals surface area contributed by atoms with Gasteiger partial charge in [0.05, 0.1) is 30.2 Å². The van der Waals surface area contributed by atoms with Crippen LogP contribution in [0.5, 0.6) is 0 Å². The number of piperazine rings is 1. The largest absolute Gasteiger partial charge is 0.339 e. The second kappa shape index (κ2) is 7.39. The number of amides is 2. The second-order valence-corrected chi connectivity index (χ2v) is 7.92. The van der Waals surface area contributed by atoms with Crippen LogP contribution < -0.4 is 5.32 Å². The number of aromatic nitrogens is 1. The predicted molar refractivity (Wildman–Crippen MR) is 95.1 cm³/mol. The smallest absolute Gasteiger partial charge is 0.236 e. The van der Waals surface area contributed by atoms with Crippen molar-refractivity contribution in [3.05, 3.63) is 16.6 Å². The summed E-state index contributed by atoms with van der Waals surface area (Å²) in [6.07, 6.45) is 1.97. The molecule has 4 aliphatic heterocycles. The molecule has 0 aromatic carbocycles. The third-order valence-corrected chi connectivity index (χ3v) is 6.15. The van der Waals surface area contributed by atoms with Gasteiger partial charge in [-0.15, -0.1) is 11.3 Å². The van der Waals surface area contributed by atoms with Gasteiger partial charge in [-0.1, -0.05) is 0 Å². The topological polar surface area (TPSA) is 68.8 Å². The van der Waals surface area contributed by atoms with Crippen molar-refractivity contribution in [2.45, 2.75) is 25.4 Å². The average Bonchev–Trinajstić information content (AvgIpc) is 3.01. The molecule has 0 radical (unpaired) electrons. The Balaban J connectivity index is 1.41. The van der Waals surface area contributed by atoms with E-state index in [0.717, 1.165) is 51.3 Å². The maximum Gasteiger partial charge on any atom is 0.236 e. The van der Waals surface area contributed by atoms with Gasteiger partial charge >= 0.3 is 0 Å². The summed E-state index contributed by atoms with van der Waals surface area (Å²) in [5, 5.41) is 5.29. The average molecular weight is 363 g/mol. The van der Waals surface area contributed by atoms with E-state index in [1.54, 1.807) is 11.3 Å². The van der Waals surface area contributed by atoms with Crippen LogP contribution in [0.25, 0.3) is 0 Å². The first-order chi connectivity index (χ1) is 12.2. The Kier molecular flexibility index (Phi) is 5.00. The van der Waals surface area contributed by atoms with Crippen molar-refractivity contribution in [1.82, 2.24) is 25.0 Å². The maximum atomic E-state index is 12.8. The van der Waals surface area contributed by atoms with Crippen molar-refractivity contribution >= 4 is 23.2 Å². The Bertz CT molecular complexity index is 617. The molecule has 0 spiro atoms. The standard InChI is InChI=1S/C17H25N5O2S/c23-16(21-5-3-18-4-6-21)10-20-7-13-1-2-15(9-20)22(17(13)24)8-14-11-25-12-19-14/h11-13,15,18H,1-10H2/t13-,15+/m0/s1. The number of nitrogens with zero attached hydrogens (tertiary/aromatic N) is 4. The Hall–Kier alpha value is -1.51. The van der Waals surface area contributed by atoms with Crippen LogP contribution in [-0.4, -0.2) is 83.4 Å². The lowest BCUT2D eigenvalue weighted by Crippen LogP contribution is -2.50. The minimum atomic E-state index is 0.0215. The Morgan fingerprint density at radius 3 is 2.88 bits per heavy atom. The third-order valence-electron chi connectivity index (χ3n) is 5.51. The summed E-state index contributed by atoms with van der Waals surface area (Å²) in [6, 6.07) is 0.198. The molecule has 4 saturated heterocycles. The van der Waals surface area contributed by atoms with Crippen molar-refractivity contribution in [2.75, 3.05) is 45.8 Å². The SMILES string of the molecule is O=C(CN1C[C@@H]2CC[C@H](C1)N(Cc1cscn1)C2=O)N1CCNCC1. The summed E-state index contributed by atoms with van der Waals surface area (Å²) in [5.41, 5.74) is 2.78. The fraction of sp³-hybridized carbons (Fsp3) is 0.706. The summed E-state index contributed by atoms with van der Waals surface area (Å²) in [5.74, 6) is 0.455. The minimum absolute atomic E-state index is 0.0215. The van der Waals surface area contributed by atoms with Crippen molar-refractivity contribution in [3.63, 3.8) is 0 Å². The monoisotopic (exact) mass is 363 g/mol. The van der Waals surface area contributed by atoms with Crippen molar-refractivity contribution in [2.24, 2.45) is 5.92 Å². The molecule has 7 nitrogen and oxygen atoms in total. The molecule has 1 aromatic rings. The van der Waals surface area contributed by atoms with Crippen molar-refractivity contribution in [3.8, 4) is 0 Å². The van der Waals surface area contributed by atoms with Gasteiger partial charge in [0.2, 0.25) is 11.8 Å². The highest BCUT2D eigenvalue weighted by Crippen LogP contribution is 2.30. The number of fused-ring (bicyclic) bond motifs is 4. The van der Waals surface area contributed by atoms with Crippen molar-refractivity contribution in [1.29, 1.82) is 0 Å². The molecular formula is C17H25N5O2S. The summed E-state index contributed by atoms with van der Waals surface area (Å²) < 4.78 is 0. The normalized spacial score (nSPS) is 27.6. The number of thiazole rings is 1. The van der Waals surface area contributed by atoms with Gasteiger partial charge in [0.25, 0.3) is 0 Å². The van der Waals surface area contributed by atoms with E-state index < -0.39 is 0 Å². The number of rotatable bonds is 4. The van der Waals surface area contributed by atoms with Crippen LogP contribution in [0, 0.1) is 5.92 Å². The van der Waals surface area contributed by atoms with Crippen LogP contribution in [0.15, 0.2) is 10.9 Å². The number of carbonyl (C=O) groups excluding carboxylic acids is 2. The molecule has 136 valence electrons. The number of carbonyl (C=O) groups is 2. The van der Waals surface area contributed by atoms with Gasteiger partial charge in [0.15, 0.2) is 0 Å². The summed E-state index contributed by atoms with van der Waals surface area (Å²) >= 11 is 1.56. The third kappa shape index (κ3) is 3.70. The number of hydrogen-bond donors (Lipinski definition) is 1. The van der Waals surface area contributed by atoms with E-state index in [4.69, 9.17) is 0 Å². The van der Waals surface area contributed by atoms with E-state index in [1.807, 2.05) is 20.7 Å². The molecule has 4 fully saturated rings. The van der Waals surface area contributed by atoms with Crippen LogP contribution in [-0.2, 0) is 16.1 Å². The number of piperidine rings is 1. The molecule has 0 aliphatic carbocycles. The first-order valence-corrected chi connectivity index (χ1v) is 10.0. The van der Waals surface area contributed by atoms with Crippen LogP contribution >= 0.6 is 11.3 Å². The van der Waals surface area contributed by atoms with Gasteiger partial charge < -0.3 is 15.1 Å². The molecule has 0 saturated carbocycles. The van der Waals surface area contributed by atoms with E-state index in [1.165, 1.54) is 0 Å². The fourth-order valence-corrected chi connectivity index (χ4v) is 4.71. The molecule has 1 aromatic heterocycles. The summed E-state index contributed by atoms with van der Waals surface area (Å²) in [6.45, 7) is 5.86. The zero-order chi connectivity index (χ0) is 17.2. The van der Waals surface area contributed by atoms with E-state index in [2.05, 4.69) is 15.2 Å².